The fourth-order valence-corrected chi connectivity index (χ4v) is 4.15. The summed E-state index contributed by atoms with van der Waals surface area (Å²) in [6.07, 6.45) is 0.895. The van der Waals surface area contributed by atoms with E-state index in [1.165, 1.54) is 28.5 Å². The molecular weight excluding hydrogens is 366 g/mol. The quantitative estimate of drug-likeness (QED) is 0.386. The fourth-order valence-electron chi connectivity index (χ4n) is 3.48. The van der Waals surface area contributed by atoms with Gasteiger partial charge in [0.15, 0.2) is 0 Å². The third-order valence-electron chi connectivity index (χ3n) is 4.70. The van der Waals surface area contributed by atoms with Crippen LogP contribution in [0.3, 0.4) is 0 Å². The van der Waals surface area contributed by atoms with Crippen molar-refractivity contribution in [3.8, 4) is 0 Å². The number of carbonyl (C=O) groups is 1. The van der Waals surface area contributed by atoms with E-state index in [2.05, 4.69) is 78.1 Å². The van der Waals surface area contributed by atoms with Crippen LogP contribution in [0.4, 0.5) is 0 Å². The number of carboxylic acids is 1. The fraction of sp³-hybridized carbons (Fsp3) is 0.208. The van der Waals surface area contributed by atoms with E-state index in [4.69, 9.17) is 5.11 Å². The largest absolute Gasteiger partial charge is 0.481 e. The highest BCUT2D eigenvalue weighted by Gasteiger charge is 2.35. The van der Waals surface area contributed by atoms with Crippen LogP contribution < -0.4 is 5.32 Å². The second-order valence-electron chi connectivity index (χ2n) is 6.57. The molecule has 0 saturated heterocycles. The highest BCUT2D eigenvalue weighted by molar-refractivity contribution is 7.99. The Morgan fingerprint density at radius 1 is 0.786 bits per heavy atom. The number of hydrogen-bond acceptors (Lipinski definition) is 3. The Morgan fingerprint density at radius 3 is 1.61 bits per heavy atom. The van der Waals surface area contributed by atoms with Crippen LogP contribution >= 0.6 is 11.8 Å². The molecule has 3 nitrogen and oxygen atoms in total. The first kappa shape index (κ1) is 20.2. The van der Waals surface area contributed by atoms with Crippen molar-refractivity contribution < 1.29 is 9.90 Å². The molecule has 0 heterocycles. The highest BCUT2D eigenvalue weighted by atomic mass is 32.2. The van der Waals surface area contributed by atoms with Crippen molar-refractivity contribution in [2.45, 2.75) is 12.0 Å². The third-order valence-corrected chi connectivity index (χ3v) is 5.73. The monoisotopic (exact) mass is 391 g/mol. The van der Waals surface area contributed by atoms with Crippen molar-refractivity contribution >= 4 is 17.7 Å². The van der Waals surface area contributed by atoms with Gasteiger partial charge in [0.1, 0.15) is 0 Å². The molecule has 0 aromatic heterocycles. The van der Waals surface area contributed by atoms with E-state index in [1.807, 2.05) is 18.2 Å². The summed E-state index contributed by atoms with van der Waals surface area (Å²) >= 11 is 1.46. The number of thioether (sulfide) groups is 1. The molecule has 28 heavy (non-hydrogen) atoms. The zero-order valence-electron chi connectivity index (χ0n) is 15.8. The number of hydrogen-bond donors (Lipinski definition) is 2. The average Bonchev–Trinajstić information content (AvgIpc) is 2.75. The SMILES string of the molecule is O=C(O)CSCCCNC(c1ccccc1)(c1ccccc1)c1ccccc1. The maximum atomic E-state index is 10.7. The van der Waals surface area contributed by atoms with Gasteiger partial charge in [-0.3, -0.25) is 10.1 Å². The van der Waals surface area contributed by atoms with Crippen LogP contribution in [-0.2, 0) is 10.3 Å². The molecule has 4 heteroatoms. The van der Waals surface area contributed by atoms with Crippen molar-refractivity contribution in [2.24, 2.45) is 0 Å². The highest BCUT2D eigenvalue weighted by Crippen LogP contribution is 2.36. The Bertz CT molecular complexity index is 757. The molecule has 0 aliphatic heterocycles. The molecular formula is C24H25NO2S. The Labute approximate surface area is 170 Å². The topological polar surface area (TPSA) is 49.3 Å². The molecule has 2 N–H and O–H groups in total. The summed E-state index contributed by atoms with van der Waals surface area (Å²) in [5, 5.41) is 12.6. The van der Waals surface area contributed by atoms with E-state index in [0.717, 1.165) is 18.7 Å². The van der Waals surface area contributed by atoms with Gasteiger partial charge in [-0.1, -0.05) is 91.0 Å². The number of nitrogens with one attached hydrogen (secondary N) is 1. The second kappa shape index (κ2) is 10.1. The van der Waals surface area contributed by atoms with Crippen molar-refractivity contribution in [3.63, 3.8) is 0 Å². The van der Waals surface area contributed by atoms with Gasteiger partial charge in [0.05, 0.1) is 11.3 Å². The predicted molar refractivity (Wildman–Crippen MR) is 117 cm³/mol. The Balaban J connectivity index is 1.94. The van der Waals surface area contributed by atoms with E-state index < -0.39 is 11.5 Å². The summed E-state index contributed by atoms with van der Waals surface area (Å²) in [6.45, 7) is 0.783. The van der Waals surface area contributed by atoms with Gasteiger partial charge in [-0.15, -0.1) is 0 Å². The van der Waals surface area contributed by atoms with Gasteiger partial charge >= 0.3 is 5.97 Å². The maximum absolute atomic E-state index is 10.7. The molecule has 3 rings (SSSR count). The van der Waals surface area contributed by atoms with Crippen molar-refractivity contribution in [2.75, 3.05) is 18.1 Å². The molecule has 0 atom stereocenters. The Hall–Kier alpha value is -2.56. The summed E-state index contributed by atoms with van der Waals surface area (Å²) in [5.41, 5.74) is 3.10. The van der Waals surface area contributed by atoms with E-state index in [0.29, 0.717) is 0 Å². The number of rotatable bonds is 10. The van der Waals surface area contributed by atoms with Gasteiger partial charge in [0.25, 0.3) is 0 Å². The second-order valence-corrected chi connectivity index (χ2v) is 7.68. The van der Waals surface area contributed by atoms with E-state index in [9.17, 15) is 4.79 Å². The van der Waals surface area contributed by atoms with Crippen LogP contribution in [0.15, 0.2) is 91.0 Å². The summed E-state index contributed by atoms with van der Waals surface area (Å²) < 4.78 is 0. The number of carboxylic acid groups (broad SMARTS) is 1. The first-order valence-electron chi connectivity index (χ1n) is 9.44. The summed E-state index contributed by atoms with van der Waals surface area (Å²) in [6, 6.07) is 31.5. The molecule has 0 amide bonds. The molecule has 0 spiro atoms. The van der Waals surface area contributed by atoms with Crippen LogP contribution in [-0.4, -0.2) is 29.1 Å². The standard InChI is InChI=1S/C24H25NO2S/c26-23(27)19-28-18-10-17-25-24(20-11-4-1-5-12-20,21-13-6-2-7-14-21)22-15-8-3-9-16-22/h1-9,11-16,25H,10,17-19H2,(H,26,27). The normalized spacial score (nSPS) is 11.3. The van der Waals surface area contributed by atoms with E-state index in [-0.39, 0.29) is 5.75 Å². The van der Waals surface area contributed by atoms with Gasteiger partial charge in [-0.25, -0.2) is 0 Å². The number of aliphatic carboxylic acids is 1. The molecule has 0 unspecified atom stereocenters. The van der Waals surface area contributed by atoms with Gasteiger partial charge < -0.3 is 5.11 Å². The first-order chi connectivity index (χ1) is 13.7. The molecule has 0 aliphatic carbocycles. The lowest BCUT2D eigenvalue weighted by molar-refractivity contribution is -0.133. The minimum atomic E-state index is -0.759. The minimum absolute atomic E-state index is 0.154. The van der Waals surface area contributed by atoms with Crippen LogP contribution in [0.1, 0.15) is 23.1 Å². The van der Waals surface area contributed by atoms with Gasteiger partial charge in [0, 0.05) is 0 Å². The number of benzene rings is 3. The maximum Gasteiger partial charge on any atom is 0.313 e. The smallest absolute Gasteiger partial charge is 0.313 e. The summed E-state index contributed by atoms with van der Waals surface area (Å²) in [7, 11) is 0. The van der Waals surface area contributed by atoms with Crippen LogP contribution in [0.25, 0.3) is 0 Å². The zero-order chi connectivity index (χ0) is 19.7. The molecule has 0 aliphatic rings. The van der Waals surface area contributed by atoms with Crippen molar-refractivity contribution in [1.29, 1.82) is 0 Å². The molecule has 0 radical (unpaired) electrons. The molecule has 0 fully saturated rings. The van der Waals surface area contributed by atoms with Gasteiger partial charge in [-0.05, 0) is 35.4 Å². The van der Waals surface area contributed by atoms with E-state index >= 15 is 0 Å². The van der Waals surface area contributed by atoms with E-state index in [1.54, 1.807) is 0 Å². The van der Waals surface area contributed by atoms with Crippen molar-refractivity contribution in [1.82, 2.24) is 5.32 Å². The van der Waals surface area contributed by atoms with Crippen molar-refractivity contribution in [3.05, 3.63) is 108 Å². The first-order valence-corrected chi connectivity index (χ1v) is 10.6. The van der Waals surface area contributed by atoms with Crippen LogP contribution in [0, 0.1) is 0 Å². The molecule has 144 valence electrons. The average molecular weight is 392 g/mol. The lowest BCUT2D eigenvalue weighted by atomic mass is 9.77. The molecule has 3 aromatic rings. The molecule has 0 bridgehead atoms. The zero-order valence-corrected chi connectivity index (χ0v) is 16.6. The third kappa shape index (κ3) is 4.83. The summed E-state index contributed by atoms with van der Waals surface area (Å²) in [5.74, 6) is 0.208. The van der Waals surface area contributed by atoms with Gasteiger partial charge in [-0.2, -0.15) is 11.8 Å². The Morgan fingerprint density at radius 2 is 1.21 bits per heavy atom. The van der Waals surface area contributed by atoms with Crippen LogP contribution in [0.5, 0.6) is 0 Å². The Kier molecular flexibility index (Phi) is 7.29. The molecule has 0 saturated carbocycles. The predicted octanol–water partition coefficient (Wildman–Crippen LogP) is 4.78. The summed E-state index contributed by atoms with van der Waals surface area (Å²) in [4.78, 5) is 10.7. The molecule has 3 aromatic carbocycles. The van der Waals surface area contributed by atoms with Gasteiger partial charge in [0.2, 0.25) is 0 Å². The minimum Gasteiger partial charge on any atom is -0.481 e. The van der Waals surface area contributed by atoms with Crippen LogP contribution in [0.2, 0.25) is 0 Å². The lowest BCUT2D eigenvalue weighted by Gasteiger charge is -2.37. The lowest BCUT2D eigenvalue weighted by Crippen LogP contribution is -2.45.